The molecule has 3 saturated heterocycles. The van der Waals surface area contributed by atoms with E-state index in [4.69, 9.17) is 28.4 Å². The number of fused-ring (bicyclic) bond motifs is 3. The molecule has 0 saturated carbocycles. The van der Waals surface area contributed by atoms with Gasteiger partial charge in [0.1, 0.15) is 41.7 Å². The molecule has 15 nitrogen and oxygen atoms in total. The third-order valence-electron chi connectivity index (χ3n) is 12.0. The van der Waals surface area contributed by atoms with Crippen LogP contribution in [0.2, 0.25) is 0 Å². The number of aliphatic hydroxyl groups is 2. The zero-order chi connectivity index (χ0) is 39.7. The van der Waals surface area contributed by atoms with Crippen LogP contribution in [0.3, 0.4) is 0 Å². The smallest absolute Gasteiger partial charge is 0.202 e. The van der Waals surface area contributed by atoms with Crippen molar-refractivity contribution in [1.82, 2.24) is 4.90 Å². The van der Waals surface area contributed by atoms with E-state index in [1.165, 1.54) is 18.2 Å². The van der Waals surface area contributed by atoms with E-state index in [0.29, 0.717) is 12.8 Å². The van der Waals surface area contributed by atoms with Crippen LogP contribution in [-0.2, 0) is 39.6 Å². The first-order valence-electron chi connectivity index (χ1n) is 19.1. The van der Waals surface area contributed by atoms with Crippen LogP contribution in [0.5, 0.6) is 17.2 Å². The molecule has 5 aliphatic rings. The molecule has 7 rings (SSSR count). The van der Waals surface area contributed by atoms with Gasteiger partial charge in [-0.2, -0.15) is 0 Å². The fourth-order valence-electron chi connectivity index (χ4n) is 8.85. The zero-order valence-corrected chi connectivity index (χ0v) is 31.9. The fourth-order valence-corrected chi connectivity index (χ4v) is 8.85. The zero-order valence-electron chi connectivity index (χ0n) is 31.9. The van der Waals surface area contributed by atoms with Crippen LogP contribution in [0, 0.1) is 0 Å². The van der Waals surface area contributed by atoms with Crippen molar-refractivity contribution >= 4 is 17.3 Å². The van der Waals surface area contributed by atoms with E-state index in [-0.39, 0.29) is 66.2 Å². The highest BCUT2D eigenvalue weighted by atomic mass is 16.7. The maximum Gasteiger partial charge on any atom is 0.202 e. The second kappa shape index (κ2) is 15.1. The Hall–Kier alpha value is -3.51. The molecular formula is C40H51NO14. The molecular weight excluding hydrogens is 718 g/mol. The van der Waals surface area contributed by atoms with Gasteiger partial charge in [-0.05, 0) is 60.2 Å². The minimum absolute atomic E-state index is 0.00247. The number of carbonyl (C=O) groups is 3. The molecule has 3 aliphatic heterocycles. The van der Waals surface area contributed by atoms with Gasteiger partial charge in [0.2, 0.25) is 5.78 Å². The van der Waals surface area contributed by atoms with E-state index in [0.717, 1.165) is 0 Å². The summed E-state index contributed by atoms with van der Waals surface area (Å²) in [6, 6.07) is 3.73. The number of hydrogen-bond donors (Lipinski definition) is 5. The van der Waals surface area contributed by atoms with Gasteiger partial charge in [-0.3, -0.25) is 14.4 Å². The largest absolute Gasteiger partial charge is 0.507 e. The number of Topliss-reactive ketones (excluding diaryl/α,β-unsaturated/α-hetero) is 1. The number of phenols is 3. The number of benzene rings is 2. The maximum absolute atomic E-state index is 13.8. The van der Waals surface area contributed by atoms with E-state index in [1.807, 2.05) is 25.9 Å². The van der Waals surface area contributed by atoms with Crippen molar-refractivity contribution in [3.05, 3.63) is 51.6 Å². The number of ether oxygens (including phenoxy) is 6. The third kappa shape index (κ3) is 6.97. The van der Waals surface area contributed by atoms with Crippen LogP contribution in [0.15, 0.2) is 18.2 Å². The number of aromatic hydroxyl groups is 3. The number of carbonyl (C=O) groups excluding carboxylic acids is 3. The van der Waals surface area contributed by atoms with Gasteiger partial charge in [0.05, 0.1) is 40.6 Å². The topological polar surface area (TPSA) is 211 Å². The third-order valence-corrected chi connectivity index (χ3v) is 12.0. The van der Waals surface area contributed by atoms with Crippen molar-refractivity contribution in [2.45, 2.75) is 146 Å². The molecule has 0 aromatic heterocycles. The van der Waals surface area contributed by atoms with Gasteiger partial charge in [0, 0.05) is 48.4 Å². The van der Waals surface area contributed by atoms with Crippen LogP contribution in [0.1, 0.15) is 115 Å². The Kier molecular flexibility index (Phi) is 10.9. The molecule has 2 aromatic rings. The van der Waals surface area contributed by atoms with Crippen LogP contribution in [-0.4, -0.2) is 129 Å². The van der Waals surface area contributed by atoms with Gasteiger partial charge in [0.25, 0.3) is 0 Å². The standard InChI is InChI=1S/C40H51NO14/c1-7-40(49)14-13-21-30(36(48)32-31(34(21)46)35(47)29-20(33(32)45)9-8-10-24(29)43)39(40)55-27-15-22(41(5)6)37(18(3)51-27)54-28-16-25(44)38(19(4)52-28)53-26-12-11-23(42)17(2)50-26/h8-10,17-19,22,25-28,37-39,43-44,46,48-49H,7,11-16H2,1-6H3/t17-,18-,19-,22-,25-,26-,27-,28+,37+,38+,39+,40+/m0/s1. The summed E-state index contributed by atoms with van der Waals surface area (Å²) in [6.45, 7) is 7.04. The molecule has 3 fully saturated rings. The van der Waals surface area contributed by atoms with Gasteiger partial charge >= 0.3 is 0 Å². The summed E-state index contributed by atoms with van der Waals surface area (Å²) in [5.41, 5.74) is -2.57. The van der Waals surface area contributed by atoms with Crippen LogP contribution < -0.4 is 0 Å². The summed E-state index contributed by atoms with van der Waals surface area (Å²) < 4.78 is 37.4. The lowest BCUT2D eigenvalue weighted by Crippen LogP contribution is -2.58. The average Bonchev–Trinajstić information content (AvgIpc) is 3.13. The van der Waals surface area contributed by atoms with Crippen molar-refractivity contribution in [3.8, 4) is 17.2 Å². The Morgan fingerprint density at radius 3 is 2.13 bits per heavy atom. The van der Waals surface area contributed by atoms with Crippen molar-refractivity contribution in [3.63, 3.8) is 0 Å². The monoisotopic (exact) mass is 769 g/mol. The normalized spacial score (nSPS) is 36.4. The molecule has 0 spiro atoms. The van der Waals surface area contributed by atoms with E-state index in [1.54, 1.807) is 20.8 Å². The number of rotatable bonds is 8. The predicted octanol–water partition coefficient (Wildman–Crippen LogP) is 3.15. The van der Waals surface area contributed by atoms with Crippen molar-refractivity contribution in [2.24, 2.45) is 0 Å². The molecule has 2 aromatic carbocycles. The number of likely N-dealkylation sites (N-methyl/N-ethyl adjacent to an activating group) is 1. The molecule has 0 radical (unpaired) electrons. The summed E-state index contributed by atoms with van der Waals surface area (Å²) in [6.07, 6.45) is -6.14. The Balaban J connectivity index is 1.11. The minimum atomic E-state index is -1.55. The number of nitrogens with zero attached hydrogens (tertiary/aromatic N) is 1. The Morgan fingerprint density at radius 2 is 1.47 bits per heavy atom. The summed E-state index contributed by atoms with van der Waals surface area (Å²) in [5, 5.41) is 57.0. The minimum Gasteiger partial charge on any atom is -0.507 e. The Bertz CT molecular complexity index is 1840. The van der Waals surface area contributed by atoms with Gasteiger partial charge in [-0.15, -0.1) is 0 Å². The lowest BCUT2D eigenvalue weighted by atomic mass is 9.71. The van der Waals surface area contributed by atoms with E-state index in [2.05, 4.69) is 0 Å². The van der Waals surface area contributed by atoms with E-state index < -0.39 is 107 Å². The molecule has 0 unspecified atom stereocenters. The number of hydrogen-bond acceptors (Lipinski definition) is 15. The highest BCUT2D eigenvalue weighted by molar-refractivity contribution is 6.31. The lowest BCUT2D eigenvalue weighted by molar-refractivity contribution is -0.328. The van der Waals surface area contributed by atoms with Crippen LogP contribution in [0.25, 0.3) is 0 Å². The van der Waals surface area contributed by atoms with Crippen molar-refractivity contribution in [1.29, 1.82) is 0 Å². The molecule has 3 heterocycles. The van der Waals surface area contributed by atoms with Crippen molar-refractivity contribution < 1.29 is 68.3 Å². The molecule has 15 heteroatoms. The molecule has 300 valence electrons. The Labute approximate surface area is 319 Å². The summed E-state index contributed by atoms with van der Waals surface area (Å²) >= 11 is 0. The van der Waals surface area contributed by atoms with Crippen LogP contribution >= 0.6 is 0 Å². The molecule has 12 atom stereocenters. The quantitative estimate of drug-likeness (QED) is 0.209. The molecule has 0 bridgehead atoms. The fraction of sp³-hybridized carbons (Fsp3) is 0.625. The maximum atomic E-state index is 13.8. The molecule has 55 heavy (non-hydrogen) atoms. The summed E-state index contributed by atoms with van der Waals surface area (Å²) in [7, 11) is 3.75. The second-order valence-corrected chi connectivity index (χ2v) is 15.7. The predicted molar refractivity (Wildman–Crippen MR) is 192 cm³/mol. The summed E-state index contributed by atoms with van der Waals surface area (Å²) in [5.74, 6) is -3.05. The highest BCUT2D eigenvalue weighted by Crippen LogP contribution is 2.54. The van der Waals surface area contributed by atoms with E-state index >= 15 is 0 Å². The highest BCUT2D eigenvalue weighted by Gasteiger charge is 2.51. The Morgan fingerprint density at radius 1 is 0.818 bits per heavy atom. The van der Waals surface area contributed by atoms with Gasteiger partial charge < -0.3 is 58.9 Å². The van der Waals surface area contributed by atoms with Gasteiger partial charge in [-0.25, -0.2) is 0 Å². The average molecular weight is 770 g/mol. The number of aliphatic hydroxyl groups excluding tert-OH is 1. The van der Waals surface area contributed by atoms with Crippen molar-refractivity contribution in [2.75, 3.05) is 14.1 Å². The number of ketones is 3. The SMILES string of the molecule is CC[C@@]1(O)CCc2c(O)c3c(c(O)c2[C@H]1O[C@H]1C[C@H](N(C)C)[C@H](O[C@@H]2C[C@H](O)[C@H](O[C@H]4CCC(=O)[C@H](C)O4)[C@H](C)O2)[C@H](C)O1)C(=O)c1cccc(O)c1C3=O. The molecule has 2 aliphatic carbocycles. The molecule has 5 N–H and O–H groups in total. The van der Waals surface area contributed by atoms with E-state index in [9.17, 15) is 39.9 Å². The first kappa shape index (κ1) is 39.7. The van der Waals surface area contributed by atoms with Crippen LogP contribution in [0.4, 0.5) is 0 Å². The second-order valence-electron chi connectivity index (χ2n) is 15.7. The summed E-state index contributed by atoms with van der Waals surface area (Å²) in [4.78, 5) is 41.3. The molecule has 0 amide bonds. The number of phenolic OH excluding ortho intramolecular Hbond substituents is 3. The first-order chi connectivity index (χ1) is 26.0. The van der Waals surface area contributed by atoms with Gasteiger partial charge in [-0.1, -0.05) is 19.1 Å². The van der Waals surface area contributed by atoms with Gasteiger partial charge in [0.15, 0.2) is 30.4 Å². The first-order valence-corrected chi connectivity index (χ1v) is 19.1. The lowest BCUT2D eigenvalue weighted by Gasteiger charge is -2.48.